The van der Waals surface area contributed by atoms with Crippen LogP contribution in [0.5, 0.6) is 5.75 Å². The fraction of sp³-hybridized carbons (Fsp3) is 0.269. The van der Waals surface area contributed by atoms with E-state index in [-0.39, 0.29) is 11.6 Å². The third-order valence-corrected chi connectivity index (χ3v) is 6.25. The summed E-state index contributed by atoms with van der Waals surface area (Å²) in [6.07, 6.45) is 5.81. The van der Waals surface area contributed by atoms with Crippen molar-refractivity contribution in [1.29, 1.82) is 0 Å². The average Bonchev–Trinajstić information content (AvgIpc) is 3.28. The van der Waals surface area contributed by atoms with E-state index in [9.17, 15) is 9.50 Å². The van der Waals surface area contributed by atoms with Gasteiger partial charge in [0, 0.05) is 18.3 Å². The molecule has 4 aromatic rings. The molecule has 5 rings (SSSR count). The predicted octanol–water partition coefficient (Wildman–Crippen LogP) is 4.61. The summed E-state index contributed by atoms with van der Waals surface area (Å²) < 4.78 is 16.3. The van der Waals surface area contributed by atoms with E-state index in [4.69, 9.17) is 0 Å². The van der Waals surface area contributed by atoms with E-state index in [1.165, 1.54) is 5.56 Å². The van der Waals surface area contributed by atoms with Gasteiger partial charge in [0.2, 0.25) is 0 Å². The van der Waals surface area contributed by atoms with Crippen LogP contribution in [0.4, 0.5) is 4.39 Å². The lowest BCUT2D eigenvalue weighted by Gasteiger charge is -2.31. The number of hydrogen-bond acceptors (Lipinski definition) is 5. The van der Waals surface area contributed by atoms with Crippen molar-refractivity contribution in [2.24, 2.45) is 0 Å². The van der Waals surface area contributed by atoms with Crippen LogP contribution in [0.15, 0.2) is 73.1 Å². The molecule has 2 aromatic carbocycles. The van der Waals surface area contributed by atoms with E-state index >= 15 is 0 Å². The van der Waals surface area contributed by atoms with Gasteiger partial charge in [-0.1, -0.05) is 29.5 Å². The summed E-state index contributed by atoms with van der Waals surface area (Å²) in [7, 11) is 0. The summed E-state index contributed by atoms with van der Waals surface area (Å²) in [5.74, 6) is 0.340. The van der Waals surface area contributed by atoms with E-state index < -0.39 is 0 Å². The fourth-order valence-electron chi connectivity index (χ4n) is 4.46. The van der Waals surface area contributed by atoms with Crippen molar-refractivity contribution in [2.45, 2.75) is 31.8 Å². The molecule has 0 saturated carbocycles. The lowest BCUT2D eigenvalue weighted by atomic mass is 9.87. The van der Waals surface area contributed by atoms with Gasteiger partial charge in [0.15, 0.2) is 0 Å². The Labute approximate surface area is 192 Å². The number of halogens is 1. The molecule has 0 spiro atoms. The summed E-state index contributed by atoms with van der Waals surface area (Å²) in [6, 6.07) is 18.0. The molecule has 2 aromatic heterocycles. The zero-order valence-corrected chi connectivity index (χ0v) is 18.3. The minimum Gasteiger partial charge on any atom is -0.508 e. The molecule has 6 nitrogen and oxygen atoms in total. The van der Waals surface area contributed by atoms with Crippen molar-refractivity contribution >= 4 is 0 Å². The summed E-state index contributed by atoms with van der Waals surface area (Å²) >= 11 is 0. The van der Waals surface area contributed by atoms with E-state index in [1.807, 2.05) is 41.2 Å². The van der Waals surface area contributed by atoms with Gasteiger partial charge in [-0.15, -0.1) is 5.10 Å². The minimum absolute atomic E-state index is 0.180. The monoisotopic (exact) mass is 443 g/mol. The highest BCUT2D eigenvalue weighted by atomic mass is 19.1. The highest BCUT2D eigenvalue weighted by molar-refractivity contribution is 5.65. The quantitative estimate of drug-likeness (QED) is 0.471. The molecular weight excluding hydrogens is 417 g/mol. The Morgan fingerprint density at radius 3 is 2.52 bits per heavy atom. The second-order valence-corrected chi connectivity index (χ2v) is 8.57. The van der Waals surface area contributed by atoms with Crippen LogP contribution in [0.25, 0.3) is 11.1 Å². The number of phenols is 1. The molecular formula is C26H26FN5O. The van der Waals surface area contributed by atoms with Crippen LogP contribution in [0, 0.1) is 5.82 Å². The molecule has 1 aliphatic heterocycles. The van der Waals surface area contributed by atoms with Crippen molar-refractivity contribution in [1.82, 2.24) is 24.9 Å². The van der Waals surface area contributed by atoms with Gasteiger partial charge in [-0.05, 0) is 79.4 Å². The molecule has 7 heteroatoms. The van der Waals surface area contributed by atoms with Gasteiger partial charge in [0.05, 0.1) is 24.1 Å². The van der Waals surface area contributed by atoms with Crippen LogP contribution >= 0.6 is 0 Å². The third kappa shape index (κ3) is 5.09. The van der Waals surface area contributed by atoms with Crippen molar-refractivity contribution in [3.8, 4) is 16.9 Å². The standard InChI is InChI=1S/C26H26FN5O/c27-26-9-6-21(15-25(26)20-4-7-24(33)8-5-20)19-10-13-31(14-11-19)16-23-18-32(30-29-23)17-22-3-1-2-12-28-22/h1-9,12,15,18-19,33H,10-11,13-14,16-17H2. The van der Waals surface area contributed by atoms with Gasteiger partial charge < -0.3 is 5.11 Å². The van der Waals surface area contributed by atoms with Crippen LogP contribution in [0.3, 0.4) is 0 Å². The Morgan fingerprint density at radius 1 is 0.939 bits per heavy atom. The molecule has 1 saturated heterocycles. The molecule has 0 amide bonds. The molecule has 0 radical (unpaired) electrons. The number of piperidine rings is 1. The molecule has 1 fully saturated rings. The largest absolute Gasteiger partial charge is 0.508 e. The smallest absolute Gasteiger partial charge is 0.131 e. The first-order chi connectivity index (χ1) is 16.1. The number of phenolic OH excluding ortho intramolecular Hbond substituents is 1. The maximum atomic E-state index is 14.5. The van der Waals surface area contributed by atoms with E-state index in [2.05, 4.69) is 20.2 Å². The lowest BCUT2D eigenvalue weighted by molar-refractivity contribution is 0.202. The maximum Gasteiger partial charge on any atom is 0.131 e. The SMILES string of the molecule is Oc1ccc(-c2cc(C3CCN(Cc4cn(Cc5ccccn5)nn4)CC3)ccc2F)cc1. The van der Waals surface area contributed by atoms with Gasteiger partial charge in [-0.2, -0.15) is 0 Å². The highest BCUT2D eigenvalue weighted by Crippen LogP contribution is 2.33. The van der Waals surface area contributed by atoms with Gasteiger partial charge in [0.1, 0.15) is 11.6 Å². The summed E-state index contributed by atoms with van der Waals surface area (Å²) in [6.45, 7) is 3.31. The topological polar surface area (TPSA) is 67.1 Å². The number of likely N-dealkylation sites (tertiary alicyclic amines) is 1. The predicted molar refractivity (Wildman–Crippen MR) is 124 cm³/mol. The molecule has 0 atom stereocenters. The normalized spacial score (nSPS) is 15.1. The van der Waals surface area contributed by atoms with Crippen molar-refractivity contribution in [3.63, 3.8) is 0 Å². The maximum absolute atomic E-state index is 14.5. The van der Waals surface area contributed by atoms with Crippen LogP contribution in [-0.2, 0) is 13.1 Å². The van der Waals surface area contributed by atoms with Gasteiger partial charge >= 0.3 is 0 Å². The number of aromatic hydroxyl groups is 1. The first kappa shape index (κ1) is 21.3. The number of nitrogens with zero attached hydrogens (tertiary/aromatic N) is 5. The summed E-state index contributed by atoms with van der Waals surface area (Å²) in [4.78, 5) is 6.74. The minimum atomic E-state index is -0.240. The zero-order valence-electron chi connectivity index (χ0n) is 18.3. The van der Waals surface area contributed by atoms with E-state index in [1.54, 1.807) is 36.5 Å². The number of pyridine rings is 1. The molecule has 0 unspecified atom stereocenters. The number of rotatable bonds is 6. The Hall–Kier alpha value is -3.58. The second-order valence-electron chi connectivity index (χ2n) is 8.57. The van der Waals surface area contributed by atoms with Crippen molar-refractivity contribution < 1.29 is 9.50 Å². The zero-order chi connectivity index (χ0) is 22.6. The molecule has 1 aliphatic rings. The van der Waals surface area contributed by atoms with Gasteiger partial charge in [0.25, 0.3) is 0 Å². The Bertz CT molecular complexity index is 1200. The van der Waals surface area contributed by atoms with Crippen LogP contribution in [0.1, 0.15) is 35.7 Å². The summed E-state index contributed by atoms with van der Waals surface area (Å²) in [5, 5.41) is 18.1. The molecule has 1 N–H and O–H groups in total. The Morgan fingerprint density at radius 2 is 1.76 bits per heavy atom. The first-order valence-corrected chi connectivity index (χ1v) is 11.2. The molecule has 0 bridgehead atoms. The Kier molecular flexibility index (Phi) is 6.13. The lowest BCUT2D eigenvalue weighted by Crippen LogP contribution is -2.32. The number of hydrogen-bond donors (Lipinski definition) is 1. The van der Waals surface area contributed by atoms with Gasteiger partial charge in [-0.25, -0.2) is 9.07 Å². The number of aromatic nitrogens is 4. The van der Waals surface area contributed by atoms with Gasteiger partial charge in [-0.3, -0.25) is 9.88 Å². The molecule has 33 heavy (non-hydrogen) atoms. The first-order valence-electron chi connectivity index (χ1n) is 11.2. The molecule has 3 heterocycles. The highest BCUT2D eigenvalue weighted by Gasteiger charge is 2.22. The molecule has 168 valence electrons. The average molecular weight is 444 g/mol. The van der Waals surface area contributed by atoms with E-state index in [0.29, 0.717) is 18.0 Å². The van der Waals surface area contributed by atoms with Crippen LogP contribution < -0.4 is 0 Å². The Balaban J connectivity index is 1.19. The van der Waals surface area contributed by atoms with Crippen LogP contribution in [0.2, 0.25) is 0 Å². The second kappa shape index (κ2) is 9.50. The fourth-order valence-corrected chi connectivity index (χ4v) is 4.46. The van der Waals surface area contributed by atoms with Crippen molar-refractivity contribution in [3.05, 3.63) is 95.8 Å². The summed E-state index contributed by atoms with van der Waals surface area (Å²) in [5.41, 5.74) is 4.44. The number of benzene rings is 2. The van der Waals surface area contributed by atoms with Crippen LogP contribution in [-0.4, -0.2) is 43.1 Å². The third-order valence-electron chi connectivity index (χ3n) is 6.25. The van der Waals surface area contributed by atoms with Crippen molar-refractivity contribution in [2.75, 3.05) is 13.1 Å². The van der Waals surface area contributed by atoms with E-state index in [0.717, 1.165) is 49.4 Å². The molecule has 0 aliphatic carbocycles.